The van der Waals surface area contributed by atoms with Gasteiger partial charge in [-0.05, 0) is 35.6 Å². The maximum absolute atomic E-state index is 13.6. The quantitative estimate of drug-likeness (QED) is 0.587. The first kappa shape index (κ1) is 20.4. The Morgan fingerprint density at radius 3 is 2.56 bits per heavy atom. The van der Waals surface area contributed by atoms with E-state index in [0.717, 1.165) is 16.7 Å². The minimum atomic E-state index is -0.714. The summed E-state index contributed by atoms with van der Waals surface area (Å²) in [6.45, 7) is 1.57. The lowest BCUT2D eigenvalue weighted by atomic mass is 9.87. The lowest BCUT2D eigenvalue weighted by Gasteiger charge is -2.34. The molecule has 0 saturated carbocycles. The van der Waals surface area contributed by atoms with Crippen LogP contribution in [0.1, 0.15) is 29.3 Å². The molecule has 2 aliphatic heterocycles. The van der Waals surface area contributed by atoms with Gasteiger partial charge in [-0.15, -0.1) is 0 Å². The molecule has 0 N–H and O–H groups in total. The van der Waals surface area contributed by atoms with Crippen molar-refractivity contribution in [3.05, 3.63) is 98.1 Å². The number of benzene rings is 2. The van der Waals surface area contributed by atoms with Crippen molar-refractivity contribution < 1.29 is 9.18 Å². The molecule has 164 valence electrons. The number of aromatic nitrogens is 3. The number of halogens is 1. The maximum atomic E-state index is 13.6. The zero-order valence-corrected chi connectivity index (χ0v) is 17.5. The molecule has 2 aliphatic rings. The highest BCUT2D eigenvalue weighted by atomic mass is 19.1. The van der Waals surface area contributed by atoms with Crippen molar-refractivity contribution >= 4 is 5.91 Å². The summed E-state index contributed by atoms with van der Waals surface area (Å²) in [6, 6.07) is 15.5. The first-order valence-corrected chi connectivity index (χ1v) is 10.8. The van der Waals surface area contributed by atoms with Gasteiger partial charge >= 0.3 is 11.1 Å². The number of rotatable bonds is 4. The van der Waals surface area contributed by atoms with E-state index in [1.165, 1.54) is 16.7 Å². The summed E-state index contributed by atoms with van der Waals surface area (Å²) in [5, 5.41) is 4.51. The highest BCUT2D eigenvalue weighted by Crippen LogP contribution is 2.37. The van der Waals surface area contributed by atoms with E-state index in [1.54, 1.807) is 12.1 Å². The van der Waals surface area contributed by atoms with Crippen LogP contribution in [0, 0.1) is 11.7 Å². The highest BCUT2D eigenvalue weighted by Gasteiger charge is 2.41. The lowest BCUT2D eigenvalue weighted by molar-refractivity contribution is -0.132. The number of likely N-dealkylation sites (tertiary alicyclic amines) is 1. The van der Waals surface area contributed by atoms with Crippen LogP contribution in [0.25, 0.3) is 0 Å². The minimum absolute atomic E-state index is 0.0215. The molecule has 0 spiro atoms. The molecule has 1 saturated heterocycles. The minimum Gasteiger partial charge on any atom is -0.342 e. The van der Waals surface area contributed by atoms with Crippen molar-refractivity contribution in [3.8, 4) is 0 Å². The molecule has 2 atom stereocenters. The Morgan fingerprint density at radius 2 is 1.78 bits per heavy atom. The maximum Gasteiger partial charge on any atom is 0.332 e. The molecule has 2 aromatic carbocycles. The van der Waals surface area contributed by atoms with E-state index in [1.807, 2.05) is 35.2 Å². The van der Waals surface area contributed by atoms with Gasteiger partial charge in [0.05, 0.1) is 13.0 Å². The molecular weight excluding hydrogens is 411 g/mol. The molecule has 8 heteroatoms. The summed E-state index contributed by atoms with van der Waals surface area (Å²) in [5.74, 6) is 0.237. The van der Waals surface area contributed by atoms with Crippen molar-refractivity contribution in [2.45, 2.75) is 31.8 Å². The van der Waals surface area contributed by atoms with E-state index in [0.29, 0.717) is 37.4 Å². The van der Waals surface area contributed by atoms with Crippen LogP contribution in [0.4, 0.5) is 4.39 Å². The van der Waals surface area contributed by atoms with Crippen LogP contribution >= 0.6 is 0 Å². The summed E-state index contributed by atoms with van der Waals surface area (Å²) < 4.78 is 16.1. The van der Waals surface area contributed by atoms with Gasteiger partial charge in [0, 0.05) is 25.6 Å². The highest BCUT2D eigenvalue weighted by molar-refractivity contribution is 5.79. The molecule has 3 heterocycles. The molecule has 1 aromatic heterocycles. The van der Waals surface area contributed by atoms with Crippen LogP contribution in [-0.4, -0.2) is 38.2 Å². The monoisotopic (exact) mass is 434 g/mol. The van der Waals surface area contributed by atoms with Gasteiger partial charge < -0.3 is 4.90 Å². The molecule has 0 aliphatic carbocycles. The topological polar surface area (TPSA) is 77.2 Å². The van der Waals surface area contributed by atoms with Crippen LogP contribution in [0.15, 0.2) is 64.2 Å². The van der Waals surface area contributed by atoms with E-state index < -0.39 is 16.9 Å². The number of carbonyl (C=O) groups excluding carboxylic acids is 1. The van der Waals surface area contributed by atoms with Gasteiger partial charge in [-0.1, -0.05) is 42.5 Å². The van der Waals surface area contributed by atoms with Crippen molar-refractivity contribution in [2.24, 2.45) is 5.92 Å². The average molecular weight is 434 g/mol. The first-order chi connectivity index (χ1) is 15.5. The standard InChI is InChI=1S/C24H23FN4O3/c25-19-8-4-7-17(11-19)13-29-24(32)23(31)28-14-18-9-10-27(15-20(18)22(28)26-29)21(30)12-16-5-2-1-3-6-16/h1-8,11,18,20H,9-10,12-15H2/t18-,20+/m1/s1. The van der Waals surface area contributed by atoms with Crippen molar-refractivity contribution in [2.75, 3.05) is 13.1 Å². The fourth-order valence-corrected chi connectivity index (χ4v) is 4.77. The predicted molar refractivity (Wildman–Crippen MR) is 116 cm³/mol. The van der Waals surface area contributed by atoms with Gasteiger partial charge in [0.1, 0.15) is 11.6 Å². The molecule has 0 bridgehead atoms. The Morgan fingerprint density at radius 1 is 1.00 bits per heavy atom. The normalized spacial score (nSPS) is 19.5. The Hall–Kier alpha value is -3.55. The van der Waals surface area contributed by atoms with Crippen molar-refractivity contribution in [1.29, 1.82) is 0 Å². The zero-order valence-electron chi connectivity index (χ0n) is 17.5. The number of piperidine rings is 1. The van der Waals surface area contributed by atoms with Crippen LogP contribution in [0.2, 0.25) is 0 Å². The smallest absolute Gasteiger partial charge is 0.332 e. The Balaban J connectivity index is 1.41. The van der Waals surface area contributed by atoms with Crippen LogP contribution in [-0.2, 0) is 24.3 Å². The molecule has 1 amide bonds. The SMILES string of the molecule is O=C(Cc1ccccc1)N1CC[C@@H]2Cn3c(nn(Cc4cccc(F)c4)c(=O)c3=O)[C@H]2C1. The van der Waals surface area contributed by atoms with Crippen LogP contribution in [0.5, 0.6) is 0 Å². The summed E-state index contributed by atoms with van der Waals surface area (Å²) in [5.41, 5.74) is 0.197. The van der Waals surface area contributed by atoms with Gasteiger partial charge in [0.15, 0.2) is 0 Å². The third-order valence-electron chi connectivity index (χ3n) is 6.44. The summed E-state index contributed by atoms with van der Waals surface area (Å²) in [4.78, 5) is 40.1. The van der Waals surface area contributed by atoms with E-state index in [-0.39, 0.29) is 24.3 Å². The van der Waals surface area contributed by atoms with Crippen LogP contribution < -0.4 is 11.1 Å². The Kier molecular flexibility index (Phi) is 5.20. The largest absolute Gasteiger partial charge is 0.342 e. The molecule has 0 radical (unpaired) electrons. The fraction of sp³-hybridized carbons (Fsp3) is 0.333. The van der Waals surface area contributed by atoms with Gasteiger partial charge in [-0.3, -0.25) is 19.0 Å². The predicted octanol–water partition coefficient (Wildman–Crippen LogP) is 1.78. The zero-order chi connectivity index (χ0) is 22.2. The molecule has 32 heavy (non-hydrogen) atoms. The number of hydrogen-bond donors (Lipinski definition) is 0. The molecule has 0 unspecified atom stereocenters. The second kappa shape index (κ2) is 8.18. The number of fused-ring (bicyclic) bond motifs is 3. The third-order valence-corrected chi connectivity index (χ3v) is 6.44. The summed E-state index contributed by atoms with van der Waals surface area (Å²) in [7, 11) is 0. The van der Waals surface area contributed by atoms with Gasteiger partial charge in [0.2, 0.25) is 5.91 Å². The fourth-order valence-electron chi connectivity index (χ4n) is 4.77. The summed E-state index contributed by atoms with van der Waals surface area (Å²) >= 11 is 0. The molecule has 7 nitrogen and oxygen atoms in total. The summed E-state index contributed by atoms with van der Waals surface area (Å²) in [6.07, 6.45) is 1.09. The number of hydrogen-bond acceptors (Lipinski definition) is 4. The van der Waals surface area contributed by atoms with Crippen molar-refractivity contribution in [3.63, 3.8) is 0 Å². The van der Waals surface area contributed by atoms with Gasteiger partial charge in [-0.25, -0.2) is 9.07 Å². The number of amides is 1. The second-order valence-corrected chi connectivity index (χ2v) is 8.52. The van der Waals surface area contributed by atoms with Gasteiger partial charge in [0.25, 0.3) is 0 Å². The van der Waals surface area contributed by atoms with E-state index >= 15 is 0 Å². The van der Waals surface area contributed by atoms with E-state index in [2.05, 4.69) is 5.10 Å². The molecular formula is C24H23FN4O3. The first-order valence-electron chi connectivity index (χ1n) is 10.8. The van der Waals surface area contributed by atoms with Crippen molar-refractivity contribution in [1.82, 2.24) is 19.2 Å². The Labute approximate surface area is 183 Å². The van der Waals surface area contributed by atoms with E-state index in [9.17, 15) is 18.8 Å². The average Bonchev–Trinajstić information content (AvgIpc) is 3.16. The number of nitrogens with zero attached hydrogens (tertiary/aromatic N) is 4. The lowest BCUT2D eigenvalue weighted by Crippen LogP contribution is -2.44. The molecule has 1 fully saturated rings. The van der Waals surface area contributed by atoms with Crippen LogP contribution in [0.3, 0.4) is 0 Å². The van der Waals surface area contributed by atoms with Gasteiger partial charge in [-0.2, -0.15) is 5.10 Å². The number of carbonyl (C=O) groups is 1. The molecule has 5 rings (SSSR count). The molecule has 3 aromatic rings. The van der Waals surface area contributed by atoms with E-state index in [4.69, 9.17) is 0 Å². The second-order valence-electron chi connectivity index (χ2n) is 8.52. The third kappa shape index (κ3) is 3.77. The Bertz CT molecular complexity index is 1280.